The van der Waals surface area contributed by atoms with E-state index in [1.54, 1.807) is 17.5 Å². The van der Waals surface area contributed by atoms with Gasteiger partial charge in [-0.1, -0.05) is 41.6 Å². The highest BCUT2D eigenvalue weighted by Crippen LogP contribution is 2.28. The molecular weight excluding hydrogens is 412 g/mol. The van der Waals surface area contributed by atoms with E-state index in [-0.39, 0.29) is 6.04 Å². The summed E-state index contributed by atoms with van der Waals surface area (Å²) in [6, 6.07) is 18.0. The fourth-order valence-electron chi connectivity index (χ4n) is 2.63. The number of halogens is 1. The molecular formula is C19H15BrN4OS. The molecule has 0 fully saturated rings. The molecule has 0 bridgehead atoms. The molecule has 5 nitrogen and oxygen atoms in total. The van der Waals surface area contributed by atoms with Crippen LogP contribution in [0.3, 0.4) is 0 Å². The fraction of sp³-hybridized carbons (Fsp3) is 0.105. The molecule has 1 aromatic carbocycles. The third kappa shape index (κ3) is 3.90. The van der Waals surface area contributed by atoms with Crippen LogP contribution in [0.2, 0.25) is 0 Å². The van der Waals surface area contributed by atoms with Crippen molar-refractivity contribution in [2.75, 3.05) is 0 Å². The molecule has 1 unspecified atom stereocenters. The van der Waals surface area contributed by atoms with Crippen LogP contribution in [0.25, 0.3) is 10.7 Å². The first-order valence-corrected chi connectivity index (χ1v) is 9.73. The lowest BCUT2D eigenvalue weighted by atomic mass is 10.0. The number of hydrogen-bond acceptors (Lipinski definition) is 6. The molecule has 7 heteroatoms. The maximum Gasteiger partial charge on any atom is 0.240 e. The van der Waals surface area contributed by atoms with Crippen LogP contribution in [-0.2, 0) is 6.54 Å². The largest absolute Gasteiger partial charge is 0.338 e. The Kier molecular flexibility index (Phi) is 5.19. The zero-order chi connectivity index (χ0) is 17.8. The SMILES string of the molecule is Brc1csc(-c2noc(CNC(c3ccccc3)c3ccccn3)n2)c1. The second-order valence-electron chi connectivity index (χ2n) is 5.62. The van der Waals surface area contributed by atoms with Crippen LogP contribution < -0.4 is 5.32 Å². The van der Waals surface area contributed by atoms with Crippen molar-refractivity contribution < 1.29 is 4.52 Å². The molecule has 3 aromatic heterocycles. The molecule has 0 saturated carbocycles. The second kappa shape index (κ2) is 7.90. The van der Waals surface area contributed by atoms with Gasteiger partial charge in [-0.3, -0.25) is 10.3 Å². The second-order valence-corrected chi connectivity index (χ2v) is 7.45. The molecule has 0 aliphatic heterocycles. The van der Waals surface area contributed by atoms with E-state index in [0.717, 1.165) is 20.6 Å². The minimum absolute atomic E-state index is 0.0522. The smallest absolute Gasteiger partial charge is 0.240 e. The minimum Gasteiger partial charge on any atom is -0.338 e. The standard InChI is InChI=1S/C19H15BrN4OS/c20-14-10-16(26-12-14)19-23-17(25-24-19)11-22-18(13-6-2-1-3-7-13)15-8-4-5-9-21-15/h1-10,12,18,22H,11H2. The van der Waals surface area contributed by atoms with Gasteiger partial charge in [0.15, 0.2) is 0 Å². The van der Waals surface area contributed by atoms with Crippen LogP contribution in [0.5, 0.6) is 0 Å². The molecule has 130 valence electrons. The van der Waals surface area contributed by atoms with Gasteiger partial charge in [-0.15, -0.1) is 11.3 Å². The molecule has 0 spiro atoms. The van der Waals surface area contributed by atoms with Gasteiger partial charge in [-0.05, 0) is 39.7 Å². The molecule has 0 radical (unpaired) electrons. The summed E-state index contributed by atoms with van der Waals surface area (Å²) < 4.78 is 6.41. The third-order valence-electron chi connectivity index (χ3n) is 3.83. The Bertz CT molecular complexity index is 932. The van der Waals surface area contributed by atoms with Gasteiger partial charge < -0.3 is 4.52 Å². The van der Waals surface area contributed by atoms with Crippen LogP contribution in [-0.4, -0.2) is 15.1 Å². The Morgan fingerprint density at radius 2 is 1.96 bits per heavy atom. The monoisotopic (exact) mass is 426 g/mol. The van der Waals surface area contributed by atoms with E-state index >= 15 is 0 Å². The number of nitrogens with zero attached hydrogens (tertiary/aromatic N) is 3. The van der Waals surface area contributed by atoms with Gasteiger partial charge in [-0.25, -0.2) is 0 Å². The quantitative estimate of drug-likeness (QED) is 0.477. The van der Waals surface area contributed by atoms with Crippen LogP contribution >= 0.6 is 27.3 Å². The van der Waals surface area contributed by atoms with Crippen molar-refractivity contribution >= 4 is 27.3 Å². The molecule has 4 aromatic rings. The Morgan fingerprint density at radius 1 is 1.12 bits per heavy atom. The summed E-state index contributed by atoms with van der Waals surface area (Å²) in [7, 11) is 0. The predicted octanol–water partition coefficient (Wildman–Crippen LogP) is 4.83. The van der Waals surface area contributed by atoms with Gasteiger partial charge in [0.2, 0.25) is 11.7 Å². The maximum absolute atomic E-state index is 5.40. The van der Waals surface area contributed by atoms with Crippen LogP contribution in [0.15, 0.2) is 75.2 Å². The van der Waals surface area contributed by atoms with Gasteiger partial charge in [-0.2, -0.15) is 4.98 Å². The highest BCUT2D eigenvalue weighted by atomic mass is 79.9. The van der Waals surface area contributed by atoms with E-state index in [1.807, 2.05) is 47.8 Å². The first kappa shape index (κ1) is 17.1. The number of aromatic nitrogens is 3. The van der Waals surface area contributed by atoms with Gasteiger partial charge in [0, 0.05) is 16.0 Å². The van der Waals surface area contributed by atoms with E-state index in [2.05, 4.69) is 48.5 Å². The molecule has 1 atom stereocenters. The van der Waals surface area contributed by atoms with Gasteiger partial charge >= 0.3 is 0 Å². The van der Waals surface area contributed by atoms with Crippen molar-refractivity contribution in [3.8, 4) is 10.7 Å². The Balaban J connectivity index is 1.53. The first-order valence-electron chi connectivity index (χ1n) is 8.06. The summed E-state index contributed by atoms with van der Waals surface area (Å²) in [5, 5.41) is 9.54. The van der Waals surface area contributed by atoms with Crippen molar-refractivity contribution in [1.29, 1.82) is 0 Å². The molecule has 0 aliphatic rings. The normalized spacial score (nSPS) is 12.2. The first-order chi connectivity index (χ1) is 12.8. The van der Waals surface area contributed by atoms with E-state index in [0.29, 0.717) is 18.3 Å². The van der Waals surface area contributed by atoms with Crippen LogP contribution in [0.1, 0.15) is 23.2 Å². The van der Waals surface area contributed by atoms with Gasteiger partial charge in [0.05, 0.1) is 23.2 Å². The molecule has 3 heterocycles. The predicted molar refractivity (Wildman–Crippen MR) is 105 cm³/mol. The van der Waals surface area contributed by atoms with Crippen molar-refractivity contribution in [3.63, 3.8) is 0 Å². The third-order valence-corrected chi connectivity index (χ3v) is 5.52. The molecule has 26 heavy (non-hydrogen) atoms. The highest BCUT2D eigenvalue weighted by molar-refractivity contribution is 9.10. The maximum atomic E-state index is 5.40. The molecule has 4 rings (SSSR count). The van der Waals surface area contributed by atoms with Gasteiger partial charge in [0.1, 0.15) is 0 Å². The number of nitrogens with one attached hydrogen (secondary N) is 1. The van der Waals surface area contributed by atoms with E-state index in [1.165, 1.54) is 0 Å². The number of thiophene rings is 1. The average molecular weight is 427 g/mol. The lowest BCUT2D eigenvalue weighted by molar-refractivity contribution is 0.362. The Hall–Kier alpha value is -2.35. The zero-order valence-corrected chi connectivity index (χ0v) is 16.1. The fourth-order valence-corrected chi connectivity index (χ4v) is 3.98. The molecule has 1 N–H and O–H groups in total. The van der Waals surface area contributed by atoms with Gasteiger partial charge in [0.25, 0.3) is 0 Å². The summed E-state index contributed by atoms with van der Waals surface area (Å²) in [5.74, 6) is 1.15. The number of hydrogen-bond donors (Lipinski definition) is 1. The number of pyridine rings is 1. The summed E-state index contributed by atoms with van der Waals surface area (Å²) in [4.78, 5) is 9.94. The van der Waals surface area contributed by atoms with Crippen LogP contribution in [0.4, 0.5) is 0 Å². The van der Waals surface area contributed by atoms with Crippen molar-refractivity contribution in [3.05, 3.63) is 87.8 Å². The van der Waals surface area contributed by atoms with Crippen molar-refractivity contribution in [1.82, 2.24) is 20.4 Å². The summed E-state index contributed by atoms with van der Waals surface area (Å²) in [6.45, 7) is 0.454. The Labute approximate surface area is 163 Å². The topological polar surface area (TPSA) is 63.8 Å². The molecule has 0 amide bonds. The number of benzene rings is 1. The Morgan fingerprint density at radius 3 is 2.69 bits per heavy atom. The van der Waals surface area contributed by atoms with Crippen molar-refractivity contribution in [2.24, 2.45) is 0 Å². The summed E-state index contributed by atoms with van der Waals surface area (Å²) in [6.07, 6.45) is 1.80. The van der Waals surface area contributed by atoms with Crippen molar-refractivity contribution in [2.45, 2.75) is 12.6 Å². The summed E-state index contributed by atoms with van der Waals surface area (Å²) in [5.41, 5.74) is 2.08. The summed E-state index contributed by atoms with van der Waals surface area (Å²) >= 11 is 5.01. The van der Waals surface area contributed by atoms with E-state index < -0.39 is 0 Å². The van der Waals surface area contributed by atoms with E-state index in [4.69, 9.17) is 4.52 Å². The van der Waals surface area contributed by atoms with E-state index in [9.17, 15) is 0 Å². The zero-order valence-electron chi connectivity index (χ0n) is 13.7. The highest BCUT2D eigenvalue weighted by Gasteiger charge is 2.17. The average Bonchev–Trinajstić information content (AvgIpc) is 3.33. The minimum atomic E-state index is -0.0522. The molecule has 0 aliphatic carbocycles. The molecule has 0 saturated heterocycles. The van der Waals surface area contributed by atoms with Crippen LogP contribution in [0, 0.1) is 0 Å². The lowest BCUT2D eigenvalue weighted by Gasteiger charge is -2.17. The lowest BCUT2D eigenvalue weighted by Crippen LogP contribution is -2.23. The number of rotatable bonds is 6.